The van der Waals surface area contributed by atoms with Crippen molar-refractivity contribution in [3.05, 3.63) is 58.6 Å². The first-order valence-electron chi connectivity index (χ1n) is 6.52. The van der Waals surface area contributed by atoms with Crippen LogP contribution in [0.2, 0.25) is 5.02 Å². The van der Waals surface area contributed by atoms with Gasteiger partial charge in [0, 0.05) is 17.1 Å². The molecule has 1 N–H and O–H groups in total. The van der Waals surface area contributed by atoms with Gasteiger partial charge in [0.15, 0.2) is 0 Å². The Bertz CT molecular complexity index is 757. The van der Waals surface area contributed by atoms with E-state index in [0.29, 0.717) is 22.9 Å². The van der Waals surface area contributed by atoms with Gasteiger partial charge < -0.3 is 4.74 Å². The second-order valence-electron chi connectivity index (χ2n) is 4.91. The molecular formula is C15H14ClNO3S. The summed E-state index contributed by atoms with van der Waals surface area (Å²) in [5, 5.41) is 0.586. The topological polar surface area (TPSA) is 55.4 Å². The highest BCUT2D eigenvalue weighted by Crippen LogP contribution is 2.28. The normalized spacial score (nSPS) is 13.6. The lowest BCUT2D eigenvalue weighted by Crippen LogP contribution is -2.15. The van der Waals surface area contributed by atoms with Gasteiger partial charge in [-0.2, -0.15) is 0 Å². The van der Waals surface area contributed by atoms with Crippen molar-refractivity contribution >= 4 is 27.3 Å². The molecule has 0 atom stereocenters. The summed E-state index contributed by atoms with van der Waals surface area (Å²) in [6, 6.07) is 12.1. The maximum absolute atomic E-state index is 12.2. The number of benzene rings is 2. The highest BCUT2D eigenvalue weighted by molar-refractivity contribution is 7.91. The summed E-state index contributed by atoms with van der Waals surface area (Å²) in [5.74, 6) is 0.744. The minimum absolute atomic E-state index is 0.0856. The molecule has 0 unspecified atom stereocenters. The van der Waals surface area contributed by atoms with E-state index < -0.39 is 10.0 Å². The number of fused-ring (bicyclic) bond motifs is 1. The first kappa shape index (κ1) is 14.2. The molecule has 0 amide bonds. The van der Waals surface area contributed by atoms with Gasteiger partial charge in [-0.3, -0.25) is 4.72 Å². The monoisotopic (exact) mass is 323 g/mol. The Kier molecular flexibility index (Phi) is 3.78. The predicted octanol–water partition coefficient (Wildman–Crippen LogP) is 3.22. The van der Waals surface area contributed by atoms with E-state index in [1.54, 1.807) is 36.4 Å². The second-order valence-corrected chi connectivity index (χ2v) is 7.07. The van der Waals surface area contributed by atoms with Gasteiger partial charge in [-0.05, 0) is 41.5 Å². The number of hydrogen-bond acceptors (Lipinski definition) is 3. The quantitative estimate of drug-likeness (QED) is 0.940. The van der Waals surface area contributed by atoms with Crippen LogP contribution >= 0.6 is 11.6 Å². The lowest BCUT2D eigenvalue weighted by Gasteiger charge is -2.09. The Morgan fingerprint density at radius 1 is 1.14 bits per heavy atom. The van der Waals surface area contributed by atoms with E-state index in [-0.39, 0.29) is 5.75 Å². The van der Waals surface area contributed by atoms with Crippen LogP contribution in [0.1, 0.15) is 11.1 Å². The highest BCUT2D eigenvalue weighted by Gasteiger charge is 2.15. The van der Waals surface area contributed by atoms with Crippen molar-refractivity contribution < 1.29 is 13.2 Å². The van der Waals surface area contributed by atoms with E-state index >= 15 is 0 Å². The molecule has 0 aliphatic carbocycles. The third-order valence-electron chi connectivity index (χ3n) is 3.23. The van der Waals surface area contributed by atoms with Crippen molar-refractivity contribution in [1.29, 1.82) is 0 Å². The third-order valence-corrected chi connectivity index (χ3v) is 4.74. The Morgan fingerprint density at radius 2 is 1.90 bits per heavy atom. The molecule has 0 saturated carbocycles. The van der Waals surface area contributed by atoms with Gasteiger partial charge in [0.25, 0.3) is 0 Å². The number of halogens is 1. The third kappa shape index (κ3) is 3.49. The maximum Gasteiger partial charge on any atom is 0.236 e. The number of sulfonamides is 1. The largest absolute Gasteiger partial charge is 0.493 e. The summed E-state index contributed by atoms with van der Waals surface area (Å²) in [6.07, 6.45) is 0.808. The van der Waals surface area contributed by atoms with E-state index in [4.69, 9.17) is 16.3 Å². The molecule has 0 aromatic heterocycles. The molecule has 0 saturated heterocycles. The van der Waals surface area contributed by atoms with Gasteiger partial charge in [0.05, 0.1) is 12.4 Å². The Hall–Kier alpha value is -1.72. The van der Waals surface area contributed by atoms with Crippen molar-refractivity contribution in [3.63, 3.8) is 0 Å². The zero-order chi connectivity index (χ0) is 14.9. The Balaban J connectivity index is 1.75. The van der Waals surface area contributed by atoms with E-state index in [1.165, 1.54) is 0 Å². The summed E-state index contributed by atoms with van der Waals surface area (Å²) in [5.41, 5.74) is 2.28. The van der Waals surface area contributed by atoms with Crippen LogP contribution in [0.5, 0.6) is 5.75 Å². The van der Waals surface area contributed by atoms with Crippen LogP contribution in [0.4, 0.5) is 5.69 Å². The van der Waals surface area contributed by atoms with E-state index in [0.717, 1.165) is 17.7 Å². The van der Waals surface area contributed by atoms with Gasteiger partial charge >= 0.3 is 0 Å². The number of nitrogens with one attached hydrogen (secondary N) is 1. The smallest absolute Gasteiger partial charge is 0.236 e. The molecule has 0 radical (unpaired) electrons. The average Bonchev–Trinajstić information content (AvgIpc) is 2.88. The number of anilines is 1. The van der Waals surface area contributed by atoms with Crippen molar-refractivity contribution in [2.24, 2.45) is 0 Å². The standard InChI is InChI=1S/C15H14ClNO3S/c16-13-3-1-11(2-4-13)10-21(18,19)17-14-5-6-15-12(9-14)7-8-20-15/h1-6,9,17H,7-8,10H2. The molecule has 6 heteroatoms. The zero-order valence-corrected chi connectivity index (χ0v) is 12.7. The van der Waals surface area contributed by atoms with E-state index in [1.807, 2.05) is 6.07 Å². The molecule has 2 aromatic carbocycles. The number of ether oxygens (including phenoxy) is 1. The fraction of sp³-hybridized carbons (Fsp3) is 0.200. The summed E-state index contributed by atoms with van der Waals surface area (Å²) in [6.45, 7) is 0.649. The van der Waals surface area contributed by atoms with Gasteiger partial charge in [0.1, 0.15) is 5.75 Å². The first-order valence-corrected chi connectivity index (χ1v) is 8.55. The molecule has 0 spiro atoms. The summed E-state index contributed by atoms with van der Waals surface area (Å²) in [4.78, 5) is 0. The van der Waals surface area contributed by atoms with Crippen LogP contribution in [0.15, 0.2) is 42.5 Å². The molecule has 1 aliphatic heterocycles. The van der Waals surface area contributed by atoms with Gasteiger partial charge in [-0.25, -0.2) is 8.42 Å². The van der Waals surface area contributed by atoms with Crippen molar-refractivity contribution in [3.8, 4) is 5.75 Å². The molecule has 21 heavy (non-hydrogen) atoms. The van der Waals surface area contributed by atoms with Gasteiger partial charge in [-0.15, -0.1) is 0 Å². The fourth-order valence-corrected chi connectivity index (χ4v) is 3.58. The van der Waals surface area contributed by atoms with Crippen molar-refractivity contribution in [1.82, 2.24) is 0 Å². The van der Waals surface area contributed by atoms with Gasteiger partial charge in [0.2, 0.25) is 10.0 Å². The van der Waals surface area contributed by atoms with Crippen LogP contribution < -0.4 is 9.46 Å². The molecule has 0 fully saturated rings. The first-order chi connectivity index (χ1) is 10.0. The SMILES string of the molecule is O=S(=O)(Cc1ccc(Cl)cc1)Nc1ccc2c(c1)CCO2. The molecule has 1 aliphatic rings. The summed E-state index contributed by atoms with van der Waals surface area (Å²) >= 11 is 5.79. The average molecular weight is 324 g/mol. The van der Waals surface area contributed by atoms with Crippen LogP contribution in [0.3, 0.4) is 0 Å². The predicted molar refractivity (Wildman–Crippen MR) is 83.3 cm³/mol. The van der Waals surface area contributed by atoms with Crippen LogP contribution in [-0.2, 0) is 22.2 Å². The highest BCUT2D eigenvalue weighted by atomic mass is 35.5. The van der Waals surface area contributed by atoms with E-state index in [2.05, 4.69) is 4.72 Å². The molecule has 2 aromatic rings. The van der Waals surface area contributed by atoms with Crippen LogP contribution in [0.25, 0.3) is 0 Å². The second kappa shape index (κ2) is 5.58. The van der Waals surface area contributed by atoms with Crippen molar-refractivity contribution in [2.45, 2.75) is 12.2 Å². The zero-order valence-electron chi connectivity index (χ0n) is 11.2. The van der Waals surface area contributed by atoms with Gasteiger partial charge in [-0.1, -0.05) is 23.7 Å². The molecule has 0 bridgehead atoms. The van der Waals surface area contributed by atoms with Crippen LogP contribution in [0, 0.1) is 0 Å². The lowest BCUT2D eigenvalue weighted by atomic mass is 10.1. The van der Waals surface area contributed by atoms with E-state index in [9.17, 15) is 8.42 Å². The maximum atomic E-state index is 12.2. The van der Waals surface area contributed by atoms with Crippen molar-refractivity contribution in [2.75, 3.05) is 11.3 Å². The minimum atomic E-state index is -3.45. The number of rotatable bonds is 4. The Morgan fingerprint density at radius 3 is 2.67 bits per heavy atom. The Labute approximate surface area is 128 Å². The minimum Gasteiger partial charge on any atom is -0.493 e. The van der Waals surface area contributed by atoms with Crippen LogP contribution in [-0.4, -0.2) is 15.0 Å². The molecule has 4 nitrogen and oxygen atoms in total. The number of hydrogen-bond donors (Lipinski definition) is 1. The fourth-order valence-electron chi connectivity index (χ4n) is 2.27. The molecule has 3 rings (SSSR count). The lowest BCUT2D eigenvalue weighted by molar-refractivity contribution is 0.357. The molecule has 110 valence electrons. The summed E-state index contributed by atoms with van der Waals surface area (Å²) in [7, 11) is -3.45. The molecular weight excluding hydrogens is 310 g/mol. The summed E-state index contributed by atoms with van der Waals surface area (Å²) < 4.78 is 32.4. The molecule has 1 heterocycles.